The van der Waals surface area contributed by atoms with Gasteiger partial charge in [0.25, 0.3) is 5.91 Å². The molecule has 0 radical (unpaired) electrons. The first-order valence-electron chi connectivity index (χ1n) is 11.0. The number of carbonyl (C=O) groups is 1. The monoisotopic (exact) mass is 485 g/mol. The largest absolute Gasteiger partial charge is 0.492 e. The SMILES string of the molecule is O=C(NCCOc1ccc(C(=S)NO)cc1)c1cc2cc(OCCN3CCOCC3)ccc2o1. The van der Waals surface area contributed by atoms with E-state index in [1.54, 1.807) is 36.4 Å². The summed E-state index contributed by atoms with van der Waals surface area (Å²) < 4.78 is 22.5. The highest BCUT2D eigenvalue weighted by Gasteiger charge is 2.13. The highest BCUT2D eigenvalue weighted by atomic mass is 32.1. The van der Waals surface area contributed by atoms with E-state index in [1.807, 2.05) is 17.6 Å². The quantitative estimate of drug-likeness (QED) is 0.227. The van der Waals surface area contributed by atoms with Crippen LogP contribution in [0, 0.1) is 0 Å². The lowest BCUT2D eigenvalue weighted by atomic mass is 10.2. The van der Waals surface area contributed by atoms with E-state index in [1.165, 1.54) is 0 Å². The highest BCUT2D eigenvalue weighted by Crippen LogP contribution is 2.24. The number of hydroxylamine groups is 1. The number of amides is 1. The molecule has 0 spiro atoms. The van der Waals surface area contributed by atoms with E-state index in [9.17, 15) is 4.79 Å². The Balaban J connectivity index is 1.22. The Bertz CT molecular complexity index is 1110. The molecule has 0 unspecified atom stereocenters. The van der Waals surface area contributed by atoms with Crippen molar-refractivity contribution in [3.8, 4) is 11.5 Å². The zero-order valence-corrected chi connectivity index (χ0v) is 19.4. The van der Waals surface area contributed by atoms with Crippen LogP contribution in [-0.4, -0.2) is 73.6 Å². The first-order valence-corrected chi connectivity index (χ1v) is 11.5. The van der Waals surface area contributed by atoms with E-state index < -0.39 is 0 Å². The Hall–Kier alpha value is -3.18. The third-order valence-corrected chi connectivity index (χ3v) is 5.69. The molecule has 2 heterocycles. The lowest BCUT2D eigenvalue weighted by Gasteiger charge is -2.26. The third-order valence-electron chi connectivity index (χ3n) is 5.37. The summed E-state index contributed by atoms with van der Waals surface area (Å²) >= 11 is 4.95. The van der Waals surface area contributed by atoms with Crippen molar-refractivity contribution in [1.29, 1.82) is 0 Å². The maximum absolute atomic E-state index is 12.5. The summed E-state index contributed by atoms with van der Waals surface area (Å²) in [5, 5.41) is 12.4. The Kier molecular flexibility index (Phi) is 8.31. The molecule has 9 nitrogen and oxygen atoms in total. The van der Waals surface area contributed by atoms with Gasteiger partial charge in [-0.15, -0.1) is 0 Å². The number of furan rings is 1. The Labute approximate surface area is 202 Å². The molecule has 1 aromatic heterocycles. The van der Waals surface area contributed by atoms with E-state index in [0.29, 0.717) is 30.0 Å². The van der Waals surface area contributed by atoms with Crippen LogP contribution in [-0.2, 0) is 4.74 Å². The van der Waals surface area contributed by atoms with Gasteiger partial charge in [-0.05, 0) is 48.5 Å². The smallest absolute Gasteiger partial charge is 0.287 e. The fourth-order valence-electron chi connectivity index (χ4n) is 3.53. The van der Waals surface area contributed by atoms with Gasteiger partial charge >= 0.3 is 0 Å². The van der Waals surface area contributed by atoms with Crippen LogP contribution in [0.2, 0.25) is 0 Å². The predicted octanol–water partition coefficient (Wildman–Crippen LogP) is 2.61. The van der Waals surface area contributed by atoms with Crippen LogP contribution < -0.4 is 20.3 Å². The molecule has 180 valence electrons. The number of carbonyl (C=O) groups excluding carboxylic acids is 1. The van der Waals surface area contributed by atoms with Crippen molar-refractivity contribution in [2.24, 2.45) is 0 Å². The standard InChI is InChI=1S/C24H27N3O6S/c28-23(25-7-11-31-19-3-1-17(2-4-19)24(34)26-29)22-16-18-15-20(5-6-21(18)33-22)32-14-10-27-8-12-30-13-9-27/h1-6,15-16,29H,7-14H2,(H,25,28)(H,26,34). The van der Waals surface area contributed by atoms with Crippen LogP contribution in [0.5, 0.6) is 11.5 Å². The summed E-state index contributed by atoms with van der Waals surface area (Å²) in [6, 6.07) is 14.2. The number of morpholine rings is 1. The van der Waals surface area contributed by atoms with Gasteiger partial charge in [-0.2, -0.15) is 0 Å². The van der Waals surface area contributed by atoms with Gasteiger partial charge in [0.1, 0.15) is 35.3 Å². The number of ether oxygens (including phenoxy) is 3. The third kappa shape index (κ3) is 6.45. The van der Waals surface area contributed by atoms with Crippen molar-refractivity contribution in [2.45, 2.75) is 0 Å². The Morgan fingerprint density at radius 3 is 2.53 bits per heavy atom. The van der Waals surface area contributed by atoms with Crippen LogP contribution in [0.25, 0.3) is 11.0 Å². The minimum absolute atomic E-state index is 0.231. The molecule has 4 rings (SSSR count). The lowest BCUT2D eigenvalue weighted by Crippen LogP contribution is -2.38. The van der Waals surface area contributed by atoms with Gasteiger partial charge in [-0.3, -0.25) is 20.4 Å². The van der Waals surface area contributed by atoms with Crippen LogP contribution in [0.3, 0.4) is 0 Å². The fraction of sp³-hybridized carbons (Fsp3) is 0.333. The molecule has 0 saturated carbocycles. The number of fused-ring (bicyclic) bond motifs is 1. The van der Waals surface area contributed by atoms with Crippen LogP contribution >= 0.6 is 12.2 Å². The van der Waals surface area contributed by atoms with Gasteiger partial charge in [0, 0.05) is 30.6 Å². The van der Waals surface area contributed by atoms with Gasteiger partial charge in [0.15, 0.2) is 5.76 Å². The van der Waals surface area contributed by atoms with Crippen molar-refractivity contribution < 1.29 is 28.6 Å². The maximum atomic E-state index is 12.5. The fourth-order valence-corrected chi connectivity index (χ4v) is 3.66. The molecule has 1 amide bonds. The number of rotatable bonds is 10. The molecule has 1 fully saturated rings. The average molecular weight is 486 g/mol. The molecule has 1 aliphatic rings. The molecule has 10 heteroatoms. The van der Waals surface area contributed by atoms with Crippen molar-refractivity contribution in [1.82, 2.24) is 15.7 Å². The molecule has 3 aromatic rings. The van der Waals surface area contributed by atoms with Gasteiger partial charge in [-0.25, -0.2) is 0 Å². The van der Waals surface area contributed by atoms with Crippen molar-refractivity contribution >= 4 is 34.1 Å². The van der Waals surface area contributed by atoms with Crippen molar-refractivity contribution in [3.05, 3.63) is 59.9 Å². The van der Waals surface area contributed by atoms with E-state index in [4.69, 9.17) is 36.1 Å². The molecular formula is C24H27N3O6S. The summed E-state index contributed by atoms with van der Waals surface area (Å²) in [4.78, 5) is 15.0. The van der Waals surface area contributed by atoms with Crippen molar-refractivity contribution in [2.75, 3.05) is 52.6 Å². The molecule has 0 atom stereocenters. The molecule has 0 aliphatic carbocycles. The molecule has 0 bridgehead atoms. The maximum Gasteiger partial charge on any atom is 0.287 e. The van der Waals surface area contributed by atoms with Gasteiger partial charge in [0.05, 0.1) is 19.8 Å². The summed E-state index contributed by atoms with van der Waals surface area (Å²) in [6.45, 7) is 5.42. The first kappa shape index (κ1) is 24.0. The second-order valence-corrected chi connectivity index (χ2v) is 8.09. The molecule has 2 aromatic carbocycles. The minimum atomic E-state index is -0.315. The lowest BCUT2D eigenvalue weighted by molar-refractivity contribution is 0.0322. The van der Waals surface area contributed by atoms with Crippen LogP contribution in [0.15, 0.2) is 52.9 Å². The Morgan fingerprint density at radius 2 is 1.76 bits per heavy atom. The van der Waals surface area contributed by atoms with Gasteiger partial charge in [-0.1, -0.05) is 12.2 Å². The second kappa shape index (κ2) is 11.8. The molecule has 3 N–H and O–H groups in total. The topological polar surface area (TPSA) is 105 Å². The summed E-state index contributed by atoms with van der Waals surface area (Å²) in [7, 11) is 0. The minimum Gasteiger partial charge on any atom is -0.492 e. The number of nitrogens with zero attached hydrogens (tertiary/aromatic N) is 1. The number of benzene rings is 2. The van der Waals surface area contributed by atoms with E-state index in [0.717, 1.165) is 44.0 Å². The van der Waals surface area contributed by atoms with E-state index in [2.05, 4.69) is 10.2 Å². The zero-order chi connectivity index (χ0) is 23.8. The summed E-state index contributed by atoms with van der Waals surface area (Å²) in [6.07, 6.45) is 0. The average Bonchev–Trinajstić information content (AvgIpc) is 3.31. The van der Waals surface area contributed by atoms with Gasteiger partial charge in [0.2, 0.25) is 0 Å². The first-order chi connectivity index (χ1) is 16.6. The molecule has 1 saturated heterocycles. The summed E-state index contributed by atoms with van der Waals surface area (Å²) in [5.74, 6) is 1.28. The highest BCUT2D eigenvalue weighted by molar-refractivity contribution is 7.80. The normalized spacial score (nSPS) is 14.0. The summed E-state index contributed by atoms with van der Waals surface area (Å²) in [5.41, 5.74) is 3.23. The van der Waals surface area contributed by atoms with Crippen LogP contribution in [0.4, 0.5) is 0 Å². The van der Waals surface area contributed by atoms with E-state index >= 15 is 0 Å². The van der Waals surface area contributed by atoms with Crippen molar-refractivity contribution in [3.63, 3.8) is 0 Å². The molecule has 34 heavy (non-hydrogen) atoms. The number of thiocarbonyl (C=S) groups is 1. The Morgan fingerprint density at radius 1 is 1.03 bits per heavy atom. The molecule has 1 aliphatic heterocycles. The predicted molar refractivity (Wildman–Crippen MR) is 130 cm³/mol. The van der Waals surface area contributed by atoms with Gasteiger partial charge < -0.3 is 23.9 Å². The number of hydrogen-bond donors (Lipinski definition) is 3. The van der Waals surface area contributed by atoms with E-state index in [-0.39, 0.29) is 23.3 Å². The number of hydrogen-bond acceptors (Lipinski definition) is 8. The number of nitrogens with one attached hydrogen (secondary N) is 2. The zero-order valence-electron chi connectivity index (χ0n) is 18.6. The molecular weight excluding hydrogens is 458 g/mol. The second-order valence-electron chi connectivity index (χ2n) is 7.68. The van der Waals surface area contributed by atoms with Crippen LogP contribution in [0.1, 0.15) is 16.1 Å².